The highest BCUT2D eigenvalue weighted by Gasteiger charge is 2.33. The van der Waals surface area contributed by atoms with Crippen LogP contribution < -0.4 is 16.4 Å². The minimum Gasteiger partial charge on any atom is -0.383 e. The highest BCUT2D eigenvalue weighted by Crippen LogP contribution is 2.30. The first-order valence-electron chi connectivity index (χ1n) is 14.7. The van der Waals surface area contributed by atoms with Crippen molar-refractivity contribution in [2.24, 2.45) is 11.8 Å². The molecule has 0 aromatic carbocycles. The van der Waals surface area contributed by atoms with Crippen molar-refractivity contribution in [2.45, 2.75) is 85.7 Å². The topological polar surface area (TPSA) is 104 Å². The van der Waals surface area contributed by atoms with E-state index in [4.69, 9.17) is 5.73 Å². The molecule has 0 aliphatic carbocycles. The summed E-state index contributed by atoms with van der Waals surface area (Å²) in [5, 5.41) is 8.12. The molecule has 3 atom stereocenters. The fraction of sp³-hybridized carbons (Fsp3) is 0.594. The molecular formula is C32H52N6O2S. The molecule has 41 heavy (non-hydrogen) atoms. The quantitative estimate of drug-likeness (QED) is 0.287. The van der Waals surface area contributed by atoms with Gasteiger partial charge in [-0.1, -0.05) is 32.9 Å². The number of nitrogen functional groups attached to an aromatic ring is 1. The Balaban J connectivity index is 0.000000232. The molecule has 2 fully saturated rings. The summed E-state index contributed by atoms with van der Waals surface area (Å²) in [7, 11) is 2.21. The third-order valence-electron chi connectivity index (χ3n) is 7.80. The molecule has 1 unspecified atom stereocenters. The number of hydrogen-bond donors (Lipinski definition) is 3. The Labute approximate surface area is 252 Å². The van der Waals surface area contributed by atoms with Crippen molar-refractivity contribution < 1.29 is 9.59 Å². The number of anilines is 2. The molecule has 1 aromatic heterocycles. The van der Waals surface area contributed by atoms with Crippen LogP contribution in [0.3, 0.4) is 0 Å². The molecule has 9 heteroatoms. The van der Waals surface area contributed by atoms with Crippen molar-refractivity contribution in [1.29, 1.82) is 0 Å². The minimum atomic E-state index is -0.103. The monoisotopic (exact) mass is 584 g/mol. The third kappa shape index (κ3) is 11.2. The number of allylic oxidation sites excluding steroid dienone is 2. The number of aromatic nitrogens is 1. The average Bonchev–Trinajstić information content (AvgIpc) is 3.51. The number of nitrogens with zero attached hydrogens (tertiary/aromatic N) is 3. The van der Waals surface area contributed by atoms with Gasteiger partial charge in [0.2, 0.25) is 12.3 Å². The maximum atomic E-state index is 11.3. The molecule has 3 aliphatic rings. The molecule has 2 amide bonds. The van der Waals surface area contributed by atoms with E-state index in [1.165, 1.54) is 31.9 Å². The lowest BCUT2D eigenvalue weighted by atomic mass is 9.89. The lowest BCUT2D eigenvalue weighted by Crippen LogP contribution is -2.42. The highest BCUT2D eigenvalue weighted by molar-refractivity contribution is 8.02. The van der Waals surface area contributed by atoms with E-state index in [9.17, 15) is 9.59 Å². The summed E-state index contributed by atoms with van der Waals surface area (Å²) in [5.74, 6) is 2.86. The second-order valence-electron chi connectivity index (χ2n) is 12.0. The second kappa shape index (κ2) is 16.6. The van der Waals surface area contributed by atoms with Crippen LogP contribution in [0.15, 0.2) is 47.2 Å². The van der Waals surface area contributed by atoms with Gasteiger partial charge in [-0.15, -0.1) is 11.8 Å². The number of nitrogens with two attached hydrogens (primary N) is 1. The molecule has 4 rings (SSSR count). The number of hydrogen-bond acceptors (Lipinski definition) is 7. The van der Waals surface area contributed by atoms with Gasteiger partial charge in [0.25, 0.3) is 0 Å². The Morgan fingerprint density at radius 1 is 1.27 bits per heavy atom. The van der Waals surface area contributed by atoms with E-state index >= 15 is 0 Å². The minimum absolute atomic E-state index is 0.103. The summed E-state index contributed by atoms with van der Waals surface area (Å²) in [6, 6.07) is 2.06. The molecule has 0 radical (unpaired) electrons. The van der Waals surface area contributed by atoms with Crippen LogP contribution in [0.4, 0.5) is 11.5 Å². The van der Waals surface area contributed by atoms with Crippen LogP contribution in [-0.2, 0) is 16.0 Å². The second-order valence-corrected chi connectivity index (χ2v) is 12.9. The first-order valence-corrected chi connectivity index (χ1v) is 15.8. The van der Waals surface area contributed by atoms with Crippen LogP contribution in [-0.4, -0.2) is 64.7 Å². The number of nitrogens with one attached hydrogen (secondary N) is 2. The van der Waals surface area contributed by atoms with Crippen LogP contribution in [0.25, 0.3) is 0 Å². The summed E-state index contributed by atoms with van der Waals surface area (Å²) in [6.07, 6.45) is 13.3. The predicted octanol–water partition coefficient (Wildman–Crippen LogP) is 5.80. The van der Waals surface area contributed by atoms with Gasteiger partial charge < -0.3 is 26.2 Å². The van der Waals surface area contributed by atoms with Crippen LogP contribution in [0.1, 0.15) is 73.3 Å². The standard InChI is InChI=1S/C15H22N2OS.C9H13N3O.C8H17N/c1-3-4-13(7-14-9-19-10-16-14)15-6-5-12(2)8-17(15)11-18;1-3-7-4-8(12-6(2)13)5-11-9(7)10;1-7-5-8(2,3)9(4)6-7/h3-4,7,9,11-12,15-16H,5-6,8,10H2,1-2H3;4-5H,3H2,1-2H3,(H2,10,11)(H,12,13);7H,5-6H2,1-4H3/b4-3-,13-7+;;/t12?,15-;;7-/m1.1/s1. The third-order valence-corrected chi connectivity index (χ3v) is 8.53. The number of aryl methyl sites for hydroxylation is 1. The van der Waals surface area contributed by atoms with Crippen LogP contribution in [0.2, 0.25) is 0 Å². The zero-order valence-electron chi connectivity index (χ0n) is 26.4. The first-order chi connectivity index (χ1) is 19.4. The highest BCUT2D eigenvalue weighted by atomic mass is 32.2. The Morgan fingerprint density at radius 2 is 2.00 bits per heavy atom. The Hall–Kier alpha value is -2.78. The summed E-state index contributed by atoms with van der Waals surface area (Å²) in [6.45, 7) is 16.8. The molecule has 2 saturated heterocycles. The number of thioether (sulfide) groups is 1. The SMILES string of the molecule is C/C=C\C(=C/C1=CSCN1)[C@H]1CCC(C)CN1C=O.CCc1cc(NC(C)=O)cnc1N.C[C@H]1CN(C)C(C)(C)C1. The Kier molecular flexibility index (Phi) is 13.9. The fourth-order valence-electron chi connectivity index (χ4n) is 5.54. The van der Waals surface area contributed by atoms with Gasteiger partial charge in [-0.05, 0) is 94.0 Å². The van der Waals surface area contributed by atoms with Crippen LogP contribution in [0.5, 0.6) is 0 Å². The fourth-order valence-corrected chi connectivity index (χ4v) is 6.20. The molecule has 0 spiro atoms. The van der Waals surface area contributed by atoms with Gasteiger partial charge in [0.05, 0.1) is 23.8 Å². The molecule has 4 heterocycles. The Bertz CT molecular complexity index is 1100. The lowest BCUT2D eigenvalue weighted by molar-refractivity contribution is -0.121. The van der Waals surface area contributed by atoms with E-state index in [2.05, 4.69) is 78.9 Å². The van der Waals surface area contributed by atoms with Crippen molar-refractivity contribution in [3.8, 4) is 0 Å². The number of carbonyl (C=O) groups is 2. The lowest BCUT2D eigenvalue weighted by Gasteiger charge is -2.37. The average molecular weight is 585 g/mol. The largest absolute Gasteiger partial charge is 0.383 e. The molecule has 228 valence electrons. The molecular weight excluding hydrogens is 532 g/mol. The summed E-state index contributed by atoms with van der Waals surface area (Å²) >= 11 is 1.77. The maximum Gasteiger partial charge on any atom is 0.221 e. The zero-order chi connectivity index (χ0) is 30.6. The van der Waals surface area contributed by atoms with Gasteiger partial charge in [-0.3, -0.25) is 9.59 Å². The van der Waals surface area contributed by atoms with Crippen LogP contribution in [0, 0.1) is 11.8 Å². The molecule has 1 aromatic rings. The molecule has 4 N–H and O–H groups in total. The van der Waals surface area contributed by atoms with Gasteiger partial charge in [0.15, 0.2) is 0 Å². The molecule has 0 saturated carbocycles. The van der Waals surface area contributed by atoms with E-state index < -0.39 is 0 Å². The van der Waals surface area contributed by atoms with E-state index in [-0.39, 0.29) is 11.9 Å². The number of likely N-dealkylation sites (tertiary alicyclic amines) is 2. The van der Waals surface area contributed by atoms with Gasteiger partial charge in [0, 0.05) is 31.2 Å². The van der Waals surface area contributed by atoms with Gasteiger partial charge in [0.1, 0.15) is 5.82 Å². The van der Waals surface area contributed by atoms with E-state index in [1.807, 2.05) is 24.8 Å². The van der Waals surface area contributed by atoms with E-state index in [1.54, 1.807) is 18.0 Å². The normalized spacial score (nSPS) is 24.0. The van der Waals surface area contributed by atoms with Gasteiger partial charge >= 0.3 is 0 Å². The zero-order valence-corrected chi connectivity index (χ0v) is 27.2. The predicted molar refractivity (Wildman–Crippen MR) is 174 cm³/mol. The maximum absolute atomic E-state index is 11.3. The van der Waals surface area contributed by atoms with Gasteiger partial charge in [-0.2, -0.15) is 0 Å². The first kappa shape index (κ1) is 34.4. The number of pyridine rings is 1. The van der Waals surface area contributed by atoms with E-state index in [0.29, 0.717) is 23.0 Å². The number of carbonyl (C=O) groups excluding carboxylic acids is 2. The van der Waals surface area contributed by atoms with Gasteiger partial charge in [-0.25, -0.2) is 4.98 Å². The summed E-state index contributed by atoms with van der Waals surface area (Å²) in [5.41, 5.74) is 10.1. The van der Waals surface area contributed by atoms with Crippen molar-refractivity contribution in [3.05, 3.63) is 52.7 Å². The van der Waals surface area contributed by atoms with Crippen molar-refractivity contribution in [2.75, 3.05) is 37.1 Å². The number of piperidine rings is 1. The molecule has 3 aliphatic heterocycles. The smallest absolute Gasteiger partial charge is 0.221 e. The number of rotatable bonds is 6. The van der Waals surface area contributed by atoms with Crippen molar-refractivity contribution >= 4 is 35.6 Å². The van der Waals surface area contributed by atoms with Crippen molar-refractivity contribution in [3.63, 3.8) is 0 Å². The summed E-state index contributed by atoms with van der Waals surface area (Å²) in [4.78, 5) is 30.4. The molecule has 0 bridgehead atoms. The van der Waals surface area contributed by atoms with Crippen molar-refractivity contribution in [1.82, 2.24) is 20.1 Å². The molecule has 8 nitrogen and oxygen atoms in total. The van der Waals surface area contributed by atoms with Crippen LogP contribution >= 0.6 is 11.8 Å². The number of amides is 2. The summed E-state index contributed by atoms with van der Waals surface area (Å²) < 4.78 is 0. The van der Waals surface area contributed by atoms with E-state index in [0.717, 1.165) is 48.9 Å². The Morgan fingerprint density at radius 3 is 2.49 bits per heavy atom.